The third kappa shape index (κ3) is 3.46. The van der Waals surface area contributed by atoms with Gasteiger partial charge >= 0.3 is 13.1 Å². The molecule has 2 aromatic rings. The Balaban J connectivity index is 1.62. The van der Waals surface area contributed by atoms with E-state index in [2.05, 4.69) is 6.92 Å². The average Bonchev–Trinajstić information content (AvgIpc) is 3.43. The molecule has 31 heavy (non-hydrogen) atoms. The average molecular weight is 422 g/mol. The number of benzene rings is 2. The molecular weight excluding hydrogens is 391 g/mol. The first-order valence-electron chi connectivity index (χ1n) is 10.9. The van der Waals surface area contributed by atoms with Gasteiger partial charge in [-0.05, 0) is 62.7 Å². The Labute approximate surface area is 184 Å². The smallest absolute Gasteiger partial charge is 0.494 e. The highest BCUT2D eigenvalue weighted by Gasteiger charge is 2.60. The Bertz CT molecular complexity index is 981. The van der Waals surface area contributed by atoms with Crippen LogP contribution in [0.3, 0.4) is 0 Å². The highest BCUT2D eigenvalue weighted by Crippen LogP contribution is 2.56. The highest BCUT2D eigenvalue weighted by atomic mass is 16.7. The van der Waals surface area contributed by atoms with Gasteiger partial charge in [-0.3, -0.25) is 4.79 Å². The van der Waals surface area contributed by atoms with Crippen LogP contribution in [0.15, 0.2) is 42.5 Å². The molecule has 6 heteroatoms. The summed E-state index contributed by atoms with van der Waals surface area (Å²) in [5.74, 6) is 0.215. The van der Waals surface area contributed by atoms with Crippen LogP contribution in [0.2, 0.25) is 0 Å². The molecule has 0 aromatic heterocycles. The maximum atomic E-state index is 11.9. The van der Waals surface area contributed by atoms with Crippen LogP contribution >= 0.6 is 0 Å². The first kappa shape index (κ1) is 21.9. The maximum absolute atomic E-state index is 11.9. The van der Waals surface area contributed by atoms with Crippen LogP contribution in [0, 0.1) is 5.92 Å². The first-order chi connectivity index (χ1) is 14.6. The van der Waals surface area contributed by atoms with Crippen molar-refractivity contribution in [3.05, 3.63) is 48.0 Å². The lowest BCUT2D eigenvalue weighted by Gasteiger charge is -2.32. The number of aliphatic carboxylic acids is 1. The lowest BCUT2D eigenvalue weighted by Crippen LogP contribution is -2.41. The van der Waals surface area contributed by atoms with Crippen molar-refractivity contribution in [2.45, 2.75) is 64.1 Å². The van der Waals surface area contributed by atoms with Crippen LogP contribution in [0.25, 0.3) is 11.1 Å². The van der Waals surface area contributed by atoms with Crippen molar-refractivity contribution in [3.63, 3.8) is 0 Å². The summed E-state index contributed by atoms with van der Waals surface area (Å²) >= 11 is 0. The van der Waals surface area contributed by atoms with Crippen molar-refractivity contribution in [1.82, 2.24) is 0 Å². The second-order valence-corrected chi connectivity index (χ2v) is 9.71. The monoisotopic (exact) mass is 422 g/mol. The number of rotatable bonds is 6. The summed E-state index contributed by atoms with van der Waals surface area (Å²) in [6.45, 7) is 10.2. The first-order valence-corrected chi connectivity index (χ1v) is 10.9. The van der Waals surface area contributed by atoms with Crippen molar-refractivity contribution >= 4 is 18.6 Å². The van der Waals surface area contributed by atoms with Gasteiger partial charge in [0.1, 0.15) is 5.75 Å². The van der Waals surface area contributed by atoms with Crippen molar-refractivity contribution in [2.24, 2.45) is 5.92 Å². The summed E-state index contributed by atoms with van der Waals surface area (Å²) in [7, 11) is 1.20. The summed E-state index contributed by atoms with van der Waals surface area (Å²) in [5, 5.41) is 9.79. The zero-order valence-corrected chi connectivity index (χ0v) is 19.2. The minimum absolute atomic E-state index is 0.213. The Morgan fingerprint density at radius 3 is 2.19 bits per heavy atom. The van der Waals surface area contributed by atoms with E-state index in [1.165, 1.54) is 0 Å². The number of ether oxygens (including phenoxy) is 1. The van der Waals surface area contributed by atoms with Gasteiger partial charge < -0.3 is 19.2 Å². The molecule has 0 radical (unpaired) electrons. The van der Waals surface area contributed by atoms with E-state index in [9.17, 15) is 9.90 Å². The second kappa shape index (κ2) is 7.39. The van der Waals surface area contributed by atoms with Gasteiger partial charge in [-0.1, -0.05) is 49.7 Å². The predicted octanol–water partition coefficient (Wildman–Crippen LogP) is 4.41. The molecule has 5 nitrogen and oxygen atoms in total. The molecular formula is C25H31BO5. The van der Waals surface area contributed by atoms with E-state index in [-0.39, 0.29) is 5.92 Å². The molecule has 0 amide bonds. The molecule has 1 saturated heterocycles. The summed E-state index contributed by atoms with van der Waals surface area (Å²) in [6, 6.07) is 13.8. The predicted molar refractivity (Wildman–Crippen MR) is 122 cm³/mol. The molecule has 2 unspecified atom stereocenters. The molecule has 1 aliphatic heterocycles. The van der Waals surface area contributed by atoms with Crippen molar-refractivity contribution in [2.75, 3.05) is 7.11 Å². The molecule has 164 valence electrons. The van der Waals surface area contributed by atoms with Gasteiger partial charge in [0.15, 0.2) is 0 Å². The van der Waals surface area contributed by atoms with Crippen LogP contribution in [0.1, 0.15) is 53.0 Å². The van der Waals surface area contributed by atoms with Crippen LogP contribution in [-0.4, -0.2) is 36.5 Å². The number of hydrogen-bond acceptors (Lipinski definition) is 4. The highest BCUT2D eigenvalue weighted by molar-refractivity contribution is 6.62. The molecule has 1 aliphatic carbocycles. The zero-order chi connectivity index (χ0) is 22.6. The minimum atomic E-state index is -0.726. The van der Waals surface area contributed by atoms with Crippen molar-refractivity contribution < 1.29 is 23.9 Å². The van der Waals surface area contributed by atoms with Gasteiger partial charge in [-0.15, -0.1) is 0 Å². The lowest BCUT2D eigenvalue weighted by atomic mass is 9.78. The van der Waals surface area contributed by atoms with Crippen LogP contribution in [0.5, 0.6) is 5.75 Å². The molecule has 2 aliphatic rings. The fourth-order valence-electron chi connectivity index (χ4n) is 4.58. The van der Waals surface area contributed by atoms with E-state index in [4.69, 9.17) is 14.0 Å². The Morgan fingerprint density at radius 1 is 1.10 bits per heavy atom. The maximum Gasteiger partial charge on any atom is 0.494 e. The number of carboxylic acid groups (broad SMARTS) is 1. The molecule has 0 spiro atoms. The summed E-state index contributed by atoms with van der Waals surface area (Å²) < 4.78 is 18.0. The fraction of sp³-hybridized carbons (Fsp3) is 0.480. The zero-order valence-electron chi connectivity index (χ0n) is 19.2. The van der Waals surface area contributed by atoms with E-state index >= 15 is 0 Å². The van der Waals surface area contributed by atoms with E-state index in [1.54, 1.807) is 7.11 Å². The molecule has 1 N–H and O–H groups in total. The SMILES string of the molecule is CCC1CC1(C(=O)O)c1ccc(-c2ccc(B3OC(C)(C)C(C)(C)O3)cc2OC)cc1. The Kier molecular flexibility index (Phi) is 5.22. The standard InChI is InChI=1S/C25H31BO5/c1-7-17-15-25(17,22(27)28)18-10-8-16(9-11-18)20-13-12-19(14-21(20)29-6)26-30-23(2,3)24(4,5)31-26/h8-14,17H,7,15H2,1-6H3,(H,27,28). The van der Waals surface area contributed by atoms with Gasteiger partial charge in [-0.25, -0.2) is 0 Å². The Morgan fingerprint density at radius 2 is 1.71 bits per heavy atom. The molecule has 2 fully saturated rings. The van der Waals surface area contributed by atoms with Gasteiger partial charge in [-0.2, -0.15) is 0 Å². The molecule has 2 atom stereocenters. The summed E-state index contributed by atoms with van der Waals surface area (Å²) in [6.07, 6.45) is 1.59. The van der Waals surface area contributed by atoms with Crippen molar-refractivity contribution in [1.29, 1.82) is 0 Å². The lowest BCUT2D eigenvalue weighted by molar-refractivity contribution is -0.140. The van der Waals surface area contributed by atoms with E-state index in [0.29, 0.717) is 6.42 Å². The van der Waals surface area contributed by atoms with E-state index < -0.39 is 29.7 Å². The van der Waals surface area contributed by atoms with E-state index in [1.807, 2.05) is 70.2 Å². The molecule has 1 saturated carbocycles. The second-order valence-electron chi connectivity index (χ2n) is 9.71. The quantitative estimate of drug-likeness (QED) is 0.699. The van der Waals surface area contributed by atoms with Crippen molar-refractivity contribution in [3.8, 4) is 16.9 Å². The topological polar surface area (TPSA) is 65.0 Å². The van der Waals surface area contributed by atoms with Gasteiger partial charge in [0.2, 0.25) is 0 Å². The fourth-order valence-corrected chi connectivity index (χ4v) is 4.58. The van der Waals surface area contributed by atoms with Crippen LogP contribution in [0.4, 0.5) is 0 Å². The Hall–Kier alpha value is -2.31. The van der Waals surface area contributed by atoms with Crippen LogP contribution in [-0.2, 0) is 19.5 Å². The van der Waals surface area contributed by atoms with E-state index in [0.717, 1.165) is 34.3 Å². The molecule has 4 rings (SSSR count). The molecule has 1 heterocycles. The number of carbonyl (C=O) groups is 1. The van der Waals surface area contributed by atoms with Gasteiger partial charge in [0.05, 0.1) is 23.7 Å². The van der Waals surface area contributed by atoms with Gasteiger partial charge in [0.25, 0.3) is 0 Å². The van der Waals surface area contributed by atoms with Gasteiger partial charge in [0, 0.05) is 5.56 Å². The summed E-state index contributed by atoms with van der Waals surface area (Å²) in [4.78, 5) is 11.9. The number of methoxy groups -OCH3 is 1. The third-order valence-corrected chi connectivity index (χ3v) is 7.44. The van der Waals surface area contributed by atoms with Crippen LogP contribution < -0.4 is 10.2 Å². The molecule has 2 aromatic carbocycles. The number of carboxylic acids is 1. The minimum Gasteiger partial charge on any atom is -0.496 e. The third-order valence-electron chi connectivity index (χ3n) is 7.44. The molecule has 0 bridgehead atoms. The number of hydrogen-bond donors (Lipinski definition) is 1. The largest absolute Gasteiger partial charge is 0.496 e. The normalized spacial score (nSPS) is 26.0. The summed E-state index contributed by atoms with van der Waals surface area (Å²) in [5.41, 5.74) is 2.18.